The van der Waals surface area contributed by atoms with E-state index in [0.29, 0.717) is 22.5 Å². The minimum Gasteiger partial charge on any atom is -0.506 e. The minimum atomic E-state index is -2.20. The predicted octanol–water partition coefficient (Wildman–Crippen LogP) is 3.76. The van der Waals surface area contributed by atoms with Crippen molar-refractivity contribution in [2.75, 3.05) is 18.6 Å². The van der Waals surface area contributed by atoms with Gasteiger partial charge in [0.1, 0.15) is 34.8 Å². The number of nitrogens with zero attached hydrogens (tertiary/aromatic N) is 6. The molecule has 1 atom stereocenters. The van der Waals surface area contributed by atoms with Crippen LogP contribution in [0.25, 0.3) is 16.7 Å². The fraction of sp³-hybridized carbons (Fsp3) is 0.105. The van der Waals surface area contributed by atoms with Crippen LogP contribution in [0.1, 0.15) is 0 Å². The van der Waals surface area contributed by atoms with Gasteiger partial charge in [-0.2, -0.15) is 15.0 Å². The molecule has 2 aromatic heterocycles. The van der Waals surface area contributed by atoms with Crippen molar-refractivity contribution in [1.29, 1.82) is 0 Å². The number of ether oxygens (including phenoxy) is 1. The molecule has 0 bridgehead atoms. The molecule has 0 aliphatic rings. The SMILES string of the molecule is C=CCOc1nc(Cl)nc(Nc2ccc3nn(-c4cc(O[PH](C)=O)ccc4O)nc3c2)n1. The molecule has 11 nitrogen and oxygen atoms in total. The first kappa shape index (κ1) is 21.5. The molecule has 1 unspecified atom stereocenters. The van der Waals surface area contributed by atoms with E-state index >= 15 is 0 Å². The van der Waals surface area contributed by atoms with Gasteiger partial charge in [0.25, 0.3) is 0 Å². The number of halogens is 1. The van der Waals surface area contributed by atoms with Crippen LogP contribution in [0, 0.1) is 0 Å². The summed E-state index contributed by atoms with van der Waals surface area (Å²) in [6, 6.07) is 9.73. The van der Waals surface area contributed by atoms with E-state index in [1.165, 1.54) is 29.7 Å². The lowest BCUT2D eigenvalue weighted by Crippen LogP contribution is -2.04. The molecule has 2 N–H and O–H groups in total. The van der Waals surface area contributed by atoms with Gasteiger partial charge in [-0.1, -0.05) is 12.7 Å². The number of benzene rings is 2. The number of aromatic nitrogens is 6. The van der Waals surface area contributed by atoms with Gasteiger partial charge in [0.2, 0.25) is 19.3 Å². The first-order valence-corrected chi connectivity index (χ1v) is 11.4. The summed E-state index contributed by atoms with van der Waals surface area (Å²) in [5.41, 5.74) is 2.01. The van der Waals surface area contributed by atoms with Crippen molar-refractivity contribution < 1.29 is 18.9 Å². The first-order valence-electron chi connectivity index (χ1n) is 9.22. The molecule has 164 valence electrons. The summed E-state index contributed by atoms with van der Waals surface area (Å²) in [5, 5.41) is 22.0. The van der Waals surface area contributed by atoms with E-state index in [1.54, 1.807) is 24.3 Å². The monoisotopic (exact) mass is 473 g/mol. The highest BCUT2D eigenvalue weighted by Crippen LogP contribution is 2.31. The molecule has 0 saturated carbocycles. The molecular formula is C19H17ClN7O4P. The second-order valence-corrected chi connectivity index (χ2v) is 7.90. The quantitative estimate of drug-likeness (QED) is 0.287. The Bertz CT molecular complexity index is 1330. The van der Waals surface area contributed by atoms with Crippen LogP contribution in [-0.4, -0.2) is 48.3 Å². The third kappa shape index (κ3) is 4.96. The molecule has 4 rings (SSSR count). The summed E-state index contributed by atoms with van der Waals surface area (Å²) >= 11 is 5.93. The maximum Gasteiger partial charge on any atom is 0.322 e. The van der Waals surface area contributed by atoms with Gasteiger partial charge in [-0.3, -0.25) is 4.57 Å². The highest BCUT2D eigenvalue weighted by Gasteiger charge is 2.12. The van der Waals surface area contributed by atoms with Gasteiger partial charge < -0.3 is 19.7 Å². The maximum absolute atomic E-state index is 11.4. The van der Waals surface area contributed by atoms with Crippen molar-refractivity contribution >= 4 is 42.3 Å². The zero-order valence-corrected chi connectivity index (χ0v) is 18.4. The number of rotatable bonds is 8. The molecular weight excluding hydrogens is 457 g/mol. The van der Waals surface area contributed by atoms with Gasteiger partial charge in [0.15, 0.2) is 0 Å². The lowest BCUT2D eigenvalue weighted by molar-refractivity contribution is 0.332. The number of anilines is 2. The second-order valence-electron chi connectivity index (χ2n) is 6.37. The van der Waals surface area contributed by atoms with Crippen LogP contribution in [0.15, 0.2) is 49.1 Å². The largest absolute Gasteiger partial charge is 0.506 e. The number of phenols is 1. The number of phenolic OH excluding ortho intramolecular Hbond substituents is 1. The standard InChI is InChI=1S/C19H17ClN7O4P/c1-3-8-30-19-23-17(20)22-18(24-19)21-11-4-6-13-14(9-11)26-27(25-13)15-10-12(31-32(2)29)5-7-16(15)28/h3-7,9-10,28,32H,1,8H2,2H3,(H,21,22,23,24). The van der Waals surface area contributed by atoms with Crippen molar-refractivity contribution in [1.82, 2.24) is 29.9 Å². The lowest BCUT2D eigenvalue weighted by atomic mass is 10.3. The molecule has 2 heterocycles. The predicted molar refractivity (Wildman–Crippen MR) is 120 cm³/mol. The maximum atomic E-state index is 11.4. The van der Waals surface area contributed by atoms with Crippen LogP contribution in [0.5, 0.6) is 17.5 Å². The van der Waals surface area contributed by atoms with E-state index in [9.17, 15) is 9.67 Å². The van der Waals surface area contributed by atoms with Crippen LogP contribution in [0.3, 0.4) is 0 Å². The lowest BCUT2D eigenvalue weighted by Gasteiger charge is -2.07. The average molecular weight is 474 g/mol. The van der Waals surface area contributed by atoms with E-state index in [0.717, 1.165) is 0 Å². The third-order valence-electron chi connectivity index (χ3n) is 3.98. The van der Waals surface area contributed by atoms with Crippen LogP contribution < -0.4 is 14.6 Å². The molecule has 0 spiro atoms. The summed E-state index contributed by atoms with van der Waals surface area (Å²) in [4.78, 5) is 13.3. The number of hydrogen-bond acceptors (Lipinski definition) is 10. The molecule has 0 aliphatic heterocycles. The van der Waals surface area contributed by atoms with Crippen LogP contribution >= 0.6 is 19.6 Å². The Morgan fingerprint density at radius 1 is 1.19 bits per heavy atom. The highest BCUT2D eigenvalue weighted by atomic mass is 35.5. The van der Waals surface area contributed by atoms with Crippen LogP contribution in [0.2, 0.25) is 5.28 Å². The van der Waals surface area contributed by atoms with Gasteiger partial charge in [0, 0.05) is 18.4 Å². The number of hydrogen-bond donors (Lipinski definition) is 2. The molecule has 32 heavy (non-hydrogen) atoms. The molecule has 0 amide bonds. The number of nitrogens with one attached hydrogen (secondary N) is 1. The fourth-order valence-corrected chi connectivity index (χ4v) is 3.32. The minimum absolute atomic E-state index is 0.0270. The first-order chi connectivity index (χ1) is 15.4. The fourth-order valence-electron chi connectivity index (χ4n) is 2.71. The van der Waals surface area contributed by atoms with Crippen molar-refractivity contribution in [3.05, 3.63) is 54.3 Å². The summed E-state index contributed by atoms with van der Waals surface area (Å²) in [6.07, 6.45) is 1.56. The van der Waals surface area contributed by atoms with Crippen molar-refractivity contribution in [2.24, 2.45) is 0 Å². The zero-order chi connectivity index (χ0) is 22.7. The van der Waals surface area contributed by atoms with Gasteiger partial charge in [-0.15, -0.1) is 15.0 Å². The number of fused-ring (bicyclic) bond motifs is 1. The molecule has 4 aromatic rings. The zero-order valence-electron chi connectivity index (χ0n) is 16.7. The Balaban J connectivity index is 1.62. The van der Waals surface area contributed by atoms with Crippen LogP contribution in [0.4, 0.5) is 11.6 Å². The molecule has 0 radical (unpaired) electrons. The Kier molecular flexibility index (Phi) is 6.20. The van der Waals surface area contributed by atoms with Crippen LogP contribution in [-0.2, 0) is 4.57 Å². The van der Waals surface area contributed by atoms with Crippen molar-refractivity contribution in [3.63, 3.8) is 0 Å². The Hall–Kier alpha value is -3.69. The summed E-state index contributed by atoms with van der Waals surface area (Å²) in [6.45, 7) is 5.27. The summed E-state index contributed by atoms with van der Waals surface area (Å²) in [7, 11) is -2.20. The number of aromatic hydroxyl groups is 1. The van der Waals surface area contributed by atoms with E-state index in [1.807, 2.05) is 0 Å². The van der Waals surface area contributed by atoms with Crippen molar-refractivity contribution in [2.45, 2.75) is 0 Å². The van der Waals surface area contributed by atoms with E-state index in [2.05, 4.69) is 37.0 Å². The Morgan fingerprint density at radius 2 is 2.00 bits per heavy atom. The average Bonchev–Trinajstić information content (AvgIpc) is 3.16. The molecule has 0 aliphatic carbocycles. The highest BCUT2D eigenvalue weighted by molar-refractivity contribution is 7.38. The molecule has 2 aromatic carbocycles. The summed E-state index contributed by atoms with van der Waals surface area (Å²) < 4.78 is 21.9. The molecule has 13 heteroatoms. The smallest absolute Gasteiger partial charge is 0.322 e. The normalized spacial score (nSPS) is 11.8. The van der Waals surface area contributed by atoms with E-state index < -0.39 is 8.03 Å². The van der Waals surface area contributed by atoms with Gasteiger partial charge >= 0.3 is 6.01 Å². The molecule has 0 fully saturated rings. The third-order valence-corrected chi connectivity index (χ3v) is 4.67. The Morgan fingerprint density at radius 3 is 2.78 bits per heavy atom. The van der Waals surface area contributed by atoms with E-state index in [4.69, 9.17) is 20.9 Å². The second kappa shape index (κ2) is 9.21. The Labute approximate surface area is 187 Å². The molecule has 0 saturated heterocycles. The van der Waals surface area contributed by atoms with E-state index in [-0.39, 0.29) is 35.3 Å². The van der Waals surface area contributed by atoms with Gasteiger partial charge in [0.05, 0.1) is 0 Å². The van der Waals surface area contributed by atoms with Crippen molar-refractivity contribution in [3.8, 4) is 23.2 Å². The topological polar surface area (TPSA) is 137 Å². The van der Waals surface area contributed by atoms with Gasteiger partial charge in [-0.25, -0.2) is 0 Å². The van der Waals surface area contributed by atoms with Gasteiger partial charge in [-0.05, 0) is 41.9 Å². The summed E-state index contributed by atoms with van der Waals surface area (Å²) in [5.74, 6) is 0.473.